The largest absolute Gasteiger partial charge is 0.573 e. The Labute approximate surface area is 209 Å². The van der Waals surface area contributed by atoms with Crippen LogP contribution in [0, 0.1) is 11.8 Å². The molecule has 198 valence electrons. The number of halogens is 3. The van der Waals surface area contributed by atoms with Crippen molar-refractivity contribution in [3.05, 3.63) is 47.5 Å². The third-order valence-corrected chi connectivity index (χ3v) is 6.92. The van der Waals surface area contributed by atoms with E-state index in [2.05, 4.69) is 20.1 Å². The highest BCUT2D eigenvalue weighted by Gasteiger charge is 2.41. The molecule has 2 aliphatic rings. The van der Waals surface area contributed by atoms with Gasteiger partial charge < -0.3 is 24.2 Å². The van der Waals surface area contributed by atoms with Gasteiger partial charge in [-0.05, 0) is 48.1 Å². The first-order valence-corrected chi connectivity index (χ1v) is 11.8. The molecule has 2 N–H and O–H groups in total. The number of hydrogen-bond acceptors (Lipinski definition) is 8. The van der Waals surface area contributed by atoms with Gasteiger partial charge in [-0.25, -0.2) is 4.79 Å². The molecule has 37 heavy (non-hydrogen) atoms. The summed E-state index contributed by atoms with van der Waals surface area (Å²) in [7, 11) is 1.31. The first kappa shape index (κ1) is 25.1. The fourth-order valence-corrected chi connectivity index (χ4v) is 5.07. The topological polar surface area (TPSA) is 113 Å². The van der Waals surface area contributed by atoms with Gasteiger partial charge in [0.05, 0.1) is 7.11 Å². The number of hydrogen-bond donors (Lipinski definition) is 2. The molecule has 0 radical (unpaired) electrons. The number of nitrogens with one attached hydrogen (secondary N) is 1. The molecule has 1 unspecified atom stereocenters. The van der Waals surface area contributed by atoms with Crippen LogP contribution in [-0.2, 0) is 11.3 Å². The number of piperidine rings is 1. The normalized spacial score (nSPS) is 21.1. The summed E-state index contributed by atoms with van der Waals surface area (Å²) in [6.07, 6.45) is -5.34. The summed E-state index contributed by atoms with van der Waals surface area (Å²) < 4.78 is 51.9. The zero-order valence-corrected chi connectivity index (χ0v) is 19.9. The minimum absolute atomic E-state index is 0.123. The van der Waals surface area contributed by atoms with E-state index >= 15 is 0 Å². The second kappa shape index (κ2) is 10.1. The number of likely N-dealkylation sites (tertiary alicyclic amines) is 2. The van der Waals surface area contributed by atoms with Gasteiger partial charge in [-0.3, -0.25) is 4.90 Å². The minimum atomic E-state index is -4.82. The summed E-state index contributed by atoms with van der Waals surface area (Å²) in [6.45, 7) is 2.19. The summed E-state index contributed by atoms with van der Waals surface area (Å²) in [5.74, 6) is 0.226. The lowest BCUT2D eigenvalue weighted by molar-refractivity contribution is -0.274. The van der Waals surface area contributed by atoms with E-state index in [0.29, 0.717) is 36.6 Å². The van der Waals surface area contributed by atoms with E-state index < -0.39 is 24.4 Å². The number of aromatic amines is 1. The van der Waals surface area contributed by atoms with Crippen LogP contribution in [0.5, 0.6) is 11.5 Å². The van der Waals surface area contributed by atoms with Crippen LogP contribution >= 0.6 is 0 Å². The smallest absolute Gasteiger partial charge is 0.496 e. The molecule has 5 rings (SSSR count). The van der Waals surface area contributed by atoms with E-state index in [1.807, 2.05) is 23.1 Å². The molecule has 3 atom stereocenters. The van der Waals surface area contributed by atoms with Crippen molar-refractivity contribution in [3.8, 4) is 11.5 Å². The van der Waals surface area contributed by atoms with E-state index in [4.69, 9.17) is 9.47 Å². The van der Waals surface area contributed by atoms with Crippen LogP contribution in [0.25, 0.3) is 11.0 Å². The maximum atomic E-state index is 12.8. The molecule has 2 aromatic carbocycles. The number of nitrogens with zero attached hydrogens (tertiary/aromatic N) is 4. The molecule has 13 heteroatoms. The van der Waals surface area contributed by atoms with Gasteiger partial charge in [-0.2, -0.15) is 15.4 Å². The van der Waals surface area contributed by atoms with Crippen molar-refractivity contribution in [2.45, 2.75) is 25.6 Å². The van der Waals surface area contributed by atoms with Crippen molar-refractivity contribution in [2.75, 3.05) is 33.3 Å². The molecule has 3 heterocycles. The molecule has 10 nitrogen and oxygen atoms in total. The SMILES string of the molecule is COc1cc(OC(F)(F)F)ccc1COC(=O)N1CC[C@@H]2CN(C(O)c3ccc4n[nH]nc4c3)C[C@H]2C1. The number of aliphatic hydroxyl groups excluding tert-OH is 1. The third kappa shape index (κ3) is 5.57. The first-order chi connectivity index (χ1) is 17.7. The summed E-state index contributed by atoms with van der Waals surface area (Å²) in [6, 6.07) is 9.06. The van der Waals surface area contributed by atoms with E-state index in [0.717, 1.165) is 36.2 Å². The van der Waals surface area contributed by atoms with Crippen LogP contribution in [0.15, 0.2) is 36.4 Å². The van der Waals surface area contributed by atoms with Crippen molar-refractivity contribution in [1.29, 1.82) is 0 Å². The lowest BCUT2D eigenvalue weighted by Gasteiger charge is -2.33. The fourth-order valence-electron chi connectivity index (χ4n) is 5.07. The van der Waals surface area contributed by atoms with Crippen molar-refractivity contribution >= 4 is 17.1 Å². The van der Waals surface area contributed by atoms with Gasteiger partial charge in [-0.1, -0.05) is 6.07 Å². The standard InChI is InChI=1S/C24H26F3N5O5/c1-35-21-9-18(37-24(25,26)27)4-2-16(21)13-36-23(34)31-7-6-15-10-32(12-17(15)11-31)22(33)14-3-5-19-20(8-14)29-30-28-19/h2-5,8-9,15,17,22,33H,6-7,10-13H2,1H3,(H,28,29,30)/t15-,17-,22?/m1/s1. The fraction of sp³-hybridized carbons (Fsp3) is 0.458. The molecule has 2 saturated heterocycles. The highest BCUT2D eigenvalue weighted by Crippen LogP contribution is 2.36. The number of methoxy groups -OCH3 is 1. The maximum Gasteiger partial charge on any atom is 0.573 e. The van der Waals surface area contributed by atoms with Gasteiger partial charge in [0.1, 0.15) is 35.4 Å². The lowest BCUT2D eigenvalue weighted by atomic mass is 9.89. The number of carbonyl (C=O) groups excluding carboxylic acids is 1. The summed E-state index contributed by atoms with van der Waals surface area (Å²) in [4.78, 5) is 16.4. The third-order valence-electron chi connectivity index (χ3n) is 6.92. The van der Waals surface area contributed by atoms with Crippen LogP contribution < -0.4 is 9.47 Å². The van der Waals surface area contributed by atoms with Crippen LogP contribution in [0.4, 0.5) is 18.0 Å². The second-order valence-electron chi connectivity index (χ2n) is 9.23. The van der Waals surface area contributed by atoms with Crippen LogP contribution in [0.2, 0.25) is 0 Å². The molecule has 0 spiro atoms. The van der Waals surface area contributed by atoms with Crippen molar-refractivity contribution in [1.82, 2.24) is 25.2 Å². The monoisotopic (exact) mass is 521 g/mol. The first-order valence-electron chi connectivity index (χ1n) is 11.8. The summed E-state index contributed by atoms with van der Waals surface area (Å²) >= 11 is 0. The van der Waals surface area contributed by atoms with Gasteiger partial charge >= 0.3 is 12.5 Å². The molecular weight excluding hydrogens is 495 g/mol. The zero-order chi connectivity index (χ0) is 26.2. The van der Waals surface area contributed by atoms with E-state index in [1.54, 1.807) is 4.90 Å². The second-order valence-corrected chi connectivity index (χ2v) is 9.23. The number of benzene rings is 2. The van der Waals surface area contributed by atoms with E-state index in [1.165, 1.54) is 13.2 Å². The van der Waals surface area contributed by atoms with Crippen LogP contribution in [-0.4, -0.2) is 76.1 Å². The van der Waals surface area contributed by atoms with Crippen molar-refractivity contribution in [2.24, 2.45) is 11.8 Å². The predicted octanol–water partition coefficient (Wildman–Crippen LogP) is 3.45. The van der Waals surface area contributed by atoms with Crippen molar-refractivity contribution in [3.63, 3.8) is 0 Å². The van der Waals surface area contributed by atoms with Crippen LogP contribution in [0.3, 0.4) is 0 Å². The Hall–Kier alpha value is -3.58. The van der Waals surface area contributed by atoms with Gasteiger partial charge in [0.2, 0.25) is 0 Å². The number of aromatic nitrogens is 3. The quantitative estimate of drug-likeness (QED) is 0.507. The number of H-pyrrole nitrogens is 1. The number of fused-ring (bicyclic) bond motifs is 2. The average Bonchev–Trinajstić information content (AvgIpc) is 3.52. The molecule has 3 aromatic rings. The molecule has 1 aromatic heterocycles. The Bertz CT molecular complexity index is 1270. The Morgan fingerprint density at radius 2 is 1.92 bits per heavy atom. The number of aliphatic hydroxyl groups is 1. The Morgan fingerprint density at radius 1 is 1.14 bits per heavy atom. The van der Waals surface area contributed by atoms with Gasteiger partial charge in [0.15, 0.2) is 0 Å². The maximum absolute atomic E-state index is 12.8. The molecule has 2 fully saturated rings. The Kier molecular flexibility index (Phi) is 6.82. The lowest BCUT2D eigenvalue weighted by Crippen LogP contribution is -2.43. The molecule has 1 amide bonds. The summed E-state index contributed by atoms with van der Waals surface area (Å²) in [5.41, 5.74) is 2.56. The van der Waals surface area contributed by atoms with Crippen molar-refractivity contribution < 1.29 is 37.3 Å². The molecule has 2 aliphatic heterocycles. The van der Waals surface area contributed by atoms with Gasteiger partial charge in [0.25, 0.3) is 0 Å². The zero-order valence-electron chi connectivity index (χ0n) is 19.9. The average molecular weight is 521 g/mol. The van der Waals surface area contributed by atoms with E-state index in [9.17, 15) is 23.1 Å². The number of amides is 1. The highest BCUT2D eigenvalue weighted by atomic mass is 19.4. The van der Waals surface area contributed by atoms with Gasteiger partial charge in [0, 0.05) is 37.8 Å². The highest BCUT2D eigenvalue weighted by molar-refractivity contribution is 5.74. The minimum Gasteiger partial charge on any atom is -0.496 e. The molecule has 0 bridgehead atoms. The van der Waals surface area contributed by atoms with Crippen LogP contribution in [0.1, 0.15) is 23.8 Å². The number of rotatable bonds is 6. The molecule has 0 aliphatic carbocycles. The number of carbonyl (C=O) groups is 1. The van der Waals surface area contributed by atoms with Gasteiger partial charge in [-0.15, -0.1) is 13.2 Å². The summed E-state index contributed by atoms with van der Waals surface area (Å²) in [5, 5.41) is 21.6. The Morgan fingerprint density at radius 3 is 2.70 bits per heavy atom. The Balaban J connectivity index is 1.16. The number of ether oxygens (including phenoxy) is 3. The molecular formula is C24H26F3N5O5. The van der Waals surface area contributed by atoms with E-state index in [-0.39, 0.29) is 18.3 Å². The molecule has 0 saturated carbocycles. The number of alkyl halides is 3. The predicted molar refractivity (Wildman–Crippen MR) is 123 cm³/mol.